The zero-order valence-electron chi connectivity index (χ0n) is 22.2. The summed E-state index contributed by atoms with van der Waals surface area (Å²) >= 11 is 0. The molecule has 4 aromatic rings. The third-order valence-electron chi connectivity index (χ3n) is 7.66. The van der Waals surface area contributed by atoms with E-state index in [0.717, 1.165) is 0 Å². The van der Waals surface area contributed by atoms with Crippen LogP contribution < -0.4 is 11.1 Å². The number of nitrogens with one attached hydrogen (secondary N) is 1. The van der Waals surface area contributed by atoms with Gasteiger partial charge in [-0.1, -0.05) is 37.3 Å². The van der Waals surface area contributed by atoms with Crippen molar-refractivity contribution in [3.8, 4) is 5.69 Å². The van der Waals surface area contributed by atoms with E-state index in [2.05, 4.69) is 15.4 Å². The molecule has 1 saturated heterocycles. The number of hydrogen-bond donors (Lipinski definition) is 2. The normalized spacial score (nSPS) is 18.4. The second-order valence-electron chi connectivity index (χ2n) is 10.1. The highest BCUT2D eigenvalue weighted by atomic mass is 19.1. The first-order chi connectivity index (χ1) is 19.4. The summed E-state index contributed by atoms with van der Waals surface area (Å²) in [6.45, 7) is 2.62. The van der Waals surface area contributed by atoms with Crippen LogP contribution in [0.3, 0.4) is 0 Å². The number of carbonyl (C=O) groups excluding carboxylic acids is 3. The maximum Gasteiger partial charge on any atom is 0.253 e. The van der Waals surface area contributed by atoms with Crippen molar-refractivity contribution in [2.45, 2.75) is 38.3 Å². The Morgan fingerprint density at radius 1 is 1.07 bits per heavy atom. The summed E-state index contributed by atoms with van der Waals surface area (Å²) in [5.74, 6) is -1.18. The molecule has 1 aliphatic heterocycles. The number of fused-ring (bicyclic) bond motifs is 1. The molecule has 3 atom stereocenters. The number of piperidine rings is 1. The van der Waals surface area contributed by atoms with Crippen molar-refractivity contribution in [3.05, 3.63) is 90.1 Å². The molecule has 0 aliphatic carbocycles. The Morgan fingerprint density at radius 2 is 1.82 bits per heavy atom. The lowest BCUT2D eigenvalue weighted by molar-refractivity contribution is -0.125. The van der Waals surface area contributed by atoms with Crippen LogP contribution >= 0.6 is 0 Å². The fraction of sp³-hybridized carbons (Fsp3) is 0.300. The summed E-state index contributed by atoms with van der Waals surface area (Å²) in [6, 6.07) is 14.1. The highest BCUT2D eigenvalue weighted by Crippen LogP contribution is 2.28. The number of nitrogens with zero attached hydrogens (tertiary/aromatic N) is 4. The Bertz CT molecular complexity index is 1520. The number of pyridine rings is 1. The number of benzene rings is 2. The molecule has 40 heavy (non-hydrogen) atoms. The Labute approximate surface area is 231 Å². The molecule has 3 N–H and O–H groups in total. The highest BCUT2D eigenvalue weighted by Gasteiger charge is 2.36. The molecule has 1 aliphatic rings. The first kappa shape index (κ1) is 27.1. The third-order valence-corrected chi connectivity index (χ3v) is 7.66. The number of Topliss-reactive ketones (excluding diaryl/α,β-unsaturated/α-hetero) is 1. The average molecular weight is 543 g/mol. The molecule has 2 amide bonds. The quantitative estimate of drug-likeness (QED) is 0.312. The van der Waals surface area contributed by atoms with Gasteiger partial charge in [0.2, 0.25) is 5.91 Å². The Balaban J connectivity index is 1.30. The smallest absolute Gasteiger partial charge is 0.253 e. The minimum atomic E-state index is -0.601. The fourth-order valence-electron chi connectivity index (χ4n) is 5.50. The van der Waals surface area contributed by atoms with Crippen LogP contribution in [0.15, 0.2) is 73.2 Å². The van der Waals surface area contributed by atoms with Crippen LogP contribution in [0.25, 0.3) is 16.6 Å². The number of halogens is 1. The molecular formula is C30H31FN6O3. The van der Waals surface area contributed by atoms with Crippen LogP contribution in [0.4, 0.5) is 4.39 Å². The summed E-state index contributed by atoms with van der Waals surface area (Å²) in [7, 11) is 0. The van der Waals surface area contributed by atoms with Gasteiger partial charge in [-0.25, -0.2) is 9.07 Å². The third kappa shape index (κ3) is 5.62. The number of nitrogens with two attached hydrogens (primary N) is 1. The minimum absolute atomic E-state index is 0.00336. The molecule has 9 nitrogen and oxygen atoms in total. The predicted molar refractivity (Wildman–Crippen MR) is 148 cm³/mol. The topological polar surface area (TPSA) is 123 Å². The van der Waals surface area contributed by atoms with E-state index < -0.39 is 11.9 Å². The summed E-state index contributed by atoms with van der Waals surface area (Å²) in [5.41, 5.74) is 8.02. The zero-order valence-corrected chi connectivity index (χ0v) is 22.2. The molecule has 2 aromatic heterocycles. The SMILES string of the molecule is CC[C@H](NC(=O)c1cncc2c1cnn2-c1ccc(F)cc1)C1CCN(CC(=O)c2ccccc2)C(C(N)=O)C1. The standard InChI is InChI=1S/C30H31FN6O3/c1-2-25(20-12-13-36(26(14-20)29(32)39)18-28(38)19-6-4-3-5-7-19)35-30(40)24-15-33-17-27-23(24)16-34-37(27)22-10-8-21(31)9-11-22/h3-11,15-17,20,25-26H,2,12-14,18H2,1H3,(H2,32,39)(H,35,40)/t20?,25-,26?/m0/s1. The van der Waals surface area contributed by atoms with Gasteiger partial charge in [0.15, 0.2) is 5.78 Å². The summed E-state index contributed by atoms with van der Waals surface area (Å²) < 4.78 is 15.0. The van der Waals surface area contributed by atoms with E-state index in [4.69, 9.17) is 5.73 Å². The molecule has 206 valence electrons. The van der Waals surface area contributed by atoms with Crippen LogP contribution in [-0.2, 0) is 4.79 Å². The Hall–Kier alpha value is -4.44. The zero-order chi connectivity index (χ0) is 28.2. The van der Waals surface area contributed by atoms with E-state index in [-0.39, 0.29) is 36.0 Å². The first-order valence-electron chi connectivity index (χ1n) is 13.4. The van der Waals surface area contributed by atoms with Crippen LogP contribution in [0.2, 0.25) is 0 Å². The van der Waals surface area contributed by atoms with Gasteiger partial charge in [0, 0.05) is 23.2 Å². The van der Waals surface area contributed by atoms with Crippen molar-refractivity contribution in [3.63, 3.8) is 0 Å². The number of likely N-dealkylation sites (tertiary alicyclic amines) is 1. The number of carbonyl (C=O) groups is 3. The number of amides is 2. The van der Waals surface area contributed by atoms with E-state index in [9.17, 15) is 18.8 Å². The lowest BCUT2D eigenvalue weighted by Crippen LogP contribution is -2.54. The van der Waals surface area contributed by atoms with Gasteiger partial charge in [0.25, 0.3) is 5.91 Å². The van der Waals surface area contributed by atoms with E-state index in [1.807, 2.05) is 30.0 Å². The van der Waals surface area contributed by atoms with Crippen LogP contribution in [0.5, 0.6) is 0 Å². The minimum Gasteiger partial charge on any atom is -0.368 e. The Morgan fingerprint density at radius 3 is 2.52 bits per heavy atom. The van der Waals surface area contributed by atoms with Gasteiger partial charge in [-0.2, -0.15) is 5.10 Å². The number of aromatic nitrogens is 3. The molecule has 10 heteroatoms. The second-order valence-corrected chi connectivity index (χ2v) is 10.1. The fourth-order valence-corrected chi connectivity index (χ4v) is 5.50. The highest BCUT2D eigenvalue weighted by molar-refractivity contribution is 6.06. The van der Waals surface area contributed by atoms with Crippen molar-refractivity contribution in [2.24, 2.45) is 11.7 Å². The van der Waals surface area contributed by atoms with Crippen molar-refractivity contribution in [1.82, 2.24) is 25.0 Å². The molecule has 0 saturated carbocycles. The van der Waals surface area contributed by atoms with Crippen molar-refractivity contribution < 1.29 is 18.8 Å². The maximum atomic E-state index is 13.5. The molecule has 2 unspecified atom stereocenters. The van der Waals surface area contributed by atoms with Gasteiger partial charge in [0.1, 0.15) is 5.82 Å². The summed E-state index contributed by atoms with van der Waals surface area (Å²) in [5, 5.41) is 8.16. The number of rotatable bonds is 9. The lowest BCUT2D eigenvalue weighted by atomic mass is 9.83. The lowest BCUT2D eigenvalue weighted by Gasteiger charge is -2.40. The van der Waals surface area contributed by atoms with Crippen LogP contribution in [-0.4, -0.2) is 62.4 Å². The molecule has 5 rings (SSSR count). The number of ketones is 1. The molecule has 0 radical (unpaired) electrons. The van der Waals surface area contributed by atoms with E-state index >= 15 is 0 Å². The monoisotopic (exact) mass is 542 g/mol. The molecular weight excluding hydrogens is 511 g/mol. The van der Waals surface area contributed by atoms with E-state index in [1.165, 1.54) is 18.3 Å². The first-order valence-corrected chi connectivity index (χ1v) is 13.4. The van der Waals surface area contributed by atoms with Gasteiger partial charge in [-0.15, -0.1) is 0 Å². The largest absolute Gasteiger partial charge is 0.368 e. The van der Waals surface area contributed by atoms with Gasteiger partial charge in [-0.05, 0) is 56.0 Å². The number of primary amides is 1. The second kappa shape index (κ2) is 11.7. The molecule has 2 aromatic carbocycles. The number of hydrogen-bond acceptors (Lipinski definition) is 6. The summed E-state index contributed by atoms with van der Waals surface area (Å²) in [4.78, 5) is 44.8. The van der Waals surface area contributed by atoms with E-state index in [1.54, 1.807) is 41.3 Å². The van der Waals surface area contributed by atoms with Crippen molar-refractivity contribution in [1.29, 1.82) is 0 Å². The molecule has 0 bridgehead atoms. The van der Waals surface area contributed by atoms with Crippen molar-refractivity contribution in [2.75, 3.05) is 13.1 Å². The molecule has 1 fully saturated rings. The van der Waals surface area contributed by atoms with Gasteiger partial charge >= 0.3 is 0 Å². The molecule has 3 heterocycles. The van der Waals surface area contributed by atoms with Gasteiger partial charge in [0.05, 0.1) is 41.7 Å². The molecule has 0 spiro atoms. The maximum absolute atomic E-state index is 13.5. The van der Waals surface area contributed by atoms with Gasteiger partial charge in [-0.3, -0.25) is 24.3 Å². The Kier molecular flexibility index (Phi) is 7.97. The van der Waals surface area contributed by atoms with Crippen LogP contribution in [0, 0.1) is 11.7 Å². The van der Waals surface area contributed by atoms with Crippen molar-refractivity contribution >= 4 is 28.5 Å². The average Bonchev–Trinajstić information content (AvgIpc) is 3.41. The predicted octanol–water partition coefficient (Wildman–Crippen LogP) is 3.52. The van der Waals surface area contributed by atoms with Gasteiger partial charge < -0.3 is 11.1 Å². The van der Waals surface area contributed by atoms with E-state index in [0.29, 0.717) is 53.5 Å². The van der Waals surface area contributed by atoms with Crippen LogP contribution in [0.1, 0.15) is 46.9 Å². The summed E-state index contributed by atoms with van der Waals surface area (Å²) in [6.07, 6.45) is 6.52.